The molecule has 0 saturated heterocycles. The fourth-order valence-corrected chi connectivity index (χ4v) is 4.56. The van der Waals surface area contributed by atoms with Crippen LogP contribution < -0.4 is 0 Å². The Hall–Kier alpha value is -0.0600. The lowest BCUT2D eigenvalue weighted by Gasteiger charge is -2.29. The van der Waals surface area contributed by atoms with Crippen LogP contribution in [0.15, 0.2) is 24.3 Å². The van der Waals surface area contributed by atoms with Gasteiger partial charge in [0.15, 0.2) is 0 Å². The van der Waals surface area contributed by atoms with Crippen LogP contribution in [0.2, 0.25) is 10.0 Å². The number of nitrogens with zero attached hydrogens (tertiary/aromatic N) is 1. The molecular formula is C15H21Cl3NO3P. The second-order valence-corrected chi connectivity index (χ2v) is 8.24. The van der Waals surface area contributed by atoms with Crippen LogP contribution in [-0.2, 0) is 13.6 Å². The van der Waals surface area contributed by atoms with Gasteiger partial charge in [0.05, 0.1) is 23.3 Å². The number of hydrogen-bond acceptors (Lipinski definition) is 4. The quantitative estimate of drug-likeness (QED) is 0.523. The summed E-state index contributed by atoms with van der Waals surface area (Å²) in [7, 11) is 0.190. The Kier molecular flexibility index (Phi) is 8.60. The zero-order valence-electron chi connectivity index (χ0n) is 13.6. The highest BCUT2D eigenvalue weighted by Crippen LogP contribution is 2.54. The van der Waals surface area contributed by atoms with E-state index < -0.39 is 13.4 Å². The summed E-state index contributed by atoms with van der Waals surface area (Å²) in [4.78, 5) is 1.74. The zero-order valence-corrected chi connectivity index (χ0v) is 16.7. The van der Waals surface area contributed by atoms with Crippen LogP contribution in [-0.4, -0.2) is 38.0 Å². The van der Waals surface area contributed by atoms with Crippen molar-refractivity contribution in [3.05, 3.63) is 39.9 Å². The average molecular weight is 401 g/mol. The van der Waals surface area contributed by atoms with Crippen LogP contribution in [0.25, 0.3) is 5.03 Å². The fourth-order valence-electron chi connectivity index (χ4n) is 1.94. The highest BCUT2D eigenvalue weighted by atomic mass is 35.5. The molecule has 0 radical (unpaired) electrons. The predicted molar refractivity (Wildman–Crippen MR) is 98.6 cm³/mol. The van der Waals surface area contributed by atoms with E-state index in [1.54, 1.807) is 57.1 Å². The molecule has 23 heavy (non-hydrogen) atoms. The van der Waals surface area contributed by atoms with Gasteiger partial charge in [-0.05, 0) is 51.7 Å². The Labute approximate surface area is 152 Å². The molecule has 0 saturated carbocycles. The summed E-state index contributed by atoms with van der Waals surface area (Å²) in [6.45, 7) is 4.09. The topological polar surface area (TPSA) is 38.8 Å². The van der Waals surface area contributed by atoms with Gasteiger partial charge in [-0.25, -0.2) is 0 Å². The van der Waals surface area contributed by atoms with Crippen LogP contribution in [0, 0.1) is 0 Å². The lowest BCUT2D eigenvalue weighted by atomic mass is 10.2. The Balaban J connectivity index is 3.23. The highest BCUT2D eigenvalue weighted by molar-refractivity contribution is 7.54. The lowest BCUT2D eigenvalue weighted by Crippen LogP contribution is -2.28. The first-order chi connectivity index (χ1) is 10.7. The summed E-state index contributed by atoms with van der Waals surface area (Å²) in [6.07, 6.45) is 1.65. The standard InChI is InChI=1S/C15H21Cl3NO3P/c1-5-21-23(20,22-6-2)15(19(3)4)10-13(17)11-7-8-12(16)14(18)9-11/h7-10,15H,5-6H2,1-4H3/b13-10-/t15-/m0/s1. The number of halogens is 3. The van der Waals surface area contributed by atoms with Crippen LogP contribution in [0.3, 0.4) is 0 Å². The van der Waals surface area contributed by atoms with E-state index in [9.17, 15) is 4.57 Å². The summed E-state index contributed by atoms with van der Waals surface area (Å²) in [5.74, 6) is -0.621. The molecule has 0 spiro atoms. The van der Waals surface area contributed by atoms with Gasteiger partial charge in [-0.2, -0.15) is 0 Å². The third-order valence-electron chi connectivity index (χ3n) is 2.96. The molecule has 1 atom stereocenters. The van der Waals surface area contributed by atoms with E-state index in [0.29, 0.717) is 20.6 Å². The third kappa shape index (κ3) is 5.75. The summed E-state index contributed by atoms with van der Waals surface area (Å²) < 4.78 is 23.8. The Morgan fingerprint density at radius 2 is 1.78 bits per heavy atom. The van der Waals surface area contributed by atoms with E-state index in [2.05, 4.69) is 0 Å². The van der Waals surface area contributed by atoms with E-state index in [-0.39, 0.29) is 13.2 Å². The monoisotopic (exact) mass is 399 g/mol. The molecule has 1 aromatic carbocycles. The Morgan fingerprint density at radius 1 is 1.22 bits per heavy atom. The molecule has 0 aliphatic carbocycles. The van der Waals surface area contributed by atoms with Crippen molar-refractivity contribution in [3.63, 3.8) is 0 Å². The number of likely N-dealkylation sites (N-methyl/N-ethyl adjacent to an activating group) is 1. The molecule has 130 valence electrons. The first-order valence-corrected chi connectivity index (χ1v) is 9.87. The van der Waals surface area contributed by atoms with Gasteiger partial charge in [-0.1, -0.05) is 40.9 Å². The highest BCUT2D eigenvalue weighted by Gasteiger charge is 2.36. The van der Waals surface area contributed by atoms with E-state index in [1.165, 1.54) is 0 Å². The number of rotatable bonds is 8. The number of benzene rings is 1. The van der Waals surface area contributed by atoms with Gasteiger partial charge in [0, 0.05) is 5.03 Å². The normalized spacial score (nSPS) is 14.3. The SMILES string of the molecule is CCOP(=O)(OCC)[C@@H](/C=C(\Cl)c1ccc(Cl)c(Cl)c1)N(C)C. The van der Waals surface area contributed by atoms with Crippen molar-refractivity contribution in [2.45, 2.75) is 19.6 Å². The lowest BCUT2D eigenvalue weighted by molar-refractivity contribution is 0.196. The van der Waals surface area contributed by atoms with Gasteiger partial charge in [0.1, 0.15) is 5.78 Å². The van der Waals surface area contributed by atoms with E-state index >= 15 is 0 Å². The van der Waals surface area contributed by atoms with Crippen LogP contribution in [0.5, 0.6) is 0 Å². The summed E-state index contributed by atoms with van der Waals surface area (Å²) in [5.41, 5.74) is 0.674. The van der Waals surface area contributed by atoms with Crippen LogP contribution >= 0.6 is 42.4 Å². The van der Waals surface area contributed by atoms with Crippen molar-refractivity contribution in [2.24, 2.45) is 0 Å². The first-order valence-electron chi connectivity index (χ1n) is 7.13. The summed E-state index contributed by atoms with van der Waals surface area (Å²) >= 11 is 18.3. The molecule has 1 aromatic rings. The molecule has 0 amide bonds. The minimum atomic E-state index is -3.38. The van der Waals surface area contributed by atoms with Crippen LogP contribution in [0.1, 0.15) is 19.4 Å². The minimum Gasteiger partial charge on any atom is -0.308 e. The van der Waals surface area contributed by atoms with Gasteiger partial charge < -0.3 is 9.05 Å². The first kappa shape index (κ1) is 21.0. The van der Waals surface area contributed by atoms with Gasteiger partial charge in [-0.3, -0.25) is 9.46 Å². The maximum Gasteiger partial charge on any atom is 0.351 e. The molecular weight excluding hydrogens is 380 g/mol. The smallest absolute Gasteiger partial charge is 0.308 e. The third-order valence-corrected chi connectivity index (χ3v) is 6.54. The van der Waals surface area contributed by atoms with E-state index in [0.717, 1.165) is 0 Å². The fraction of sp³-hybridized carbons (Fsp3) is 0.467. The van der Waals surface area contributed by atoms with Crippen molar-refractivity contribution >= 4 is 47.4 Å². The molecule has 1 rings (SSSR count). The molecule has 0 bridgehead atoms. The summed E-state index contributed by atoms with van der Waals surface area (Å²) in [5, 5.41) is 1.23. The van der Waals surface area contributed by atoms with E-state index in [4.69, 9.17) is 43.9 Å². The maximum atomic E-state index is 13.0. The van der Waals surface area contributed by atoms with Crippen molar-refractivity contribution < 1.29 is 13.6 Å². The predicted octanol–water partition coefficient (Wildman–Crippen LogP) is 5.73. The van der Waals surface area contributed by atoms with Crippen molar-refractivity contribution in [1.29, 1.82) is 0 Å². The molecule has 0 aromatic heterocycles. The van der Waals surface area contributed by atoms with Gasteiger partial charge in [0.25, 0.3) is 0 Å². The molecule has 0 unspecified atom stereocenters. The second kappa shape index (κ2) is 9.43. The zero-order chi connectivity index (χ0) is 17.6. The Morgan fingerprint density at radius 3 is 2.22 bits per heavy atom. The minimum absolute atomic E-state index is 0.278. The van der Waals surface area contributed by atoms with Crippen LogP contribution in [0.4, 0.5) is 0 Å². The van der Waals surface area contributed by atoms with Gasteiger partial charge in [0.2, 0.25) is 0 Å². The van der Waals surface area contributed by atoms with Gasteiger partial charge in [-0.15, -0.1) is 0 Å². The van der Waals surface area contributed by atoms with Crippen molar-refractivity contribution in [3.8, 4) is 0 Å². The molecule has 0 aliphatic rings. The Bertz CT molecular complexity index is 598. The molecule has 0 heterocycles. The molecule has 8 heteroatoms. The molecule has 0 N–H and O–H groups in total. The van der Waals surface area contributed by atoms with Crippen molar-refractivity contribution in [1.82, 2.24) is 4.90 Å². The second-order valence-electron chi connectivity index (χ2n) is 4.90. The van der Waals surface area contributed by atoms with Gasteiger partial charge >= 0.3 is 7.60 Å². The largest absolute Gasteiger partial charge is 0.351 e. The molecule has 4 nitrogen and oxygen atoms in total. The maximum absolute atomic E-state index is 13.0. The average Bonchev–Trinajstić information content (AvgIpc) is 2.47. The molecule has 0 fully saturated rings. The molecule has 0 aliphatic heterocycles. The van der Waals surface area contributed by atoms with Crippen molar-refractivity contribution in [2.75, 3.05) is 27.3 Å². The number of hydrogen-bond donors (Lipinski definition) is 0. The summed E-state index contributed by atoms with van der Waals surface area (Å²) in [6, 6.07) is 5.05. The van der Waals surface area contributed by atoms with E-state index in [1.807, 2.05) is 0 Å².